The molecule has 1 aliphatic rings. The average Bonchev–Trinajstić information content (AvgIpc) is 2.38. The van der Waals surface area contributed by atoms with Gasteiger partial charge >= 0.3 is 0 Å². The number of hydrogen-bond donors (Lipinski definition) is 1. The van der Waals surface area contributed by atoms with E-state index >= 15 is 0 Å². The normalized spacial score (nSPS) is 14.8. The van der Waals surface area contributed by atoms with Crippen LogP contribution in [-0.4, -0.2) is 43.8 Å². The summed E-state index contributed by atoms with van der Waals surface area (Å²) in [4.78, 5) is 29.7. The van der Waals surface area contributed by atoms with E-state index in [1.807, 2.05) is 6.07 Å². The minimum absolute atomic E-state index is 0.103. The molecule has 2 aromatic rings. The zero-order valence-electron chi connectivity index (χ0n) is 11.0. The topological polar surface area (TPSA) is 83.9 Å². The highest BCUT2D eigenvalue weighted by Crippen LogP contribution is 2.25. The van der Waals surface area contributed by atoms with Gasteiger partial charge in [-0.3, -0.25) is 10.1 Å². The first kappa shape index (κ1) is 12.5. The molecule has 1 saturated heterocycles. The zero-order chi connectivity index (χ0) is 13.9. The zero-order valence-corrected chi connectivity index (χ0v) is 11.0. The summed E-state index contributed by atoms with van der Waals surface area (Å²) < 4.78 is 0. The maximum absolute atomic E-state index is 11.2. The summed E-state index contributed by atoms with van der Waals surface area (Å²) >= 11 is 0. The first-order valence-corrected chi connectivity index (χ1v) is 6.35. The van der Waals surface area contributed by atoms with Gasteiger partial charge in [0, 0.05) is 44.5 Å². The van der Waals surface area contributed by atoms with E-state index in [-0.39, 0.29) is 11.8 Å². The molecule has 20 heavy (non-hydrogen) atoms. The van der Waals surface area contributed by atoms with Crippen molar-refractivity contribution < 1.29 is 4.79 Å². The van der Waals surface area contributed by atoms with E-state index < -0.39 is 0 Å². The second kappa shape index (κ2) is 5.20. The van der Waals surface area contributed by atoms with E-state index in [0.717, 1.165) is 5.69 Å². The quantitative estimate of drug-likeness (QED) is 0.894. The molecule has 0 spiro atoms. The van der Waals surface area contributed by atoms with Crippen LogP contribution in [0.15, 0.2) is 30.7 Å². The van der Waals surface area contributed by atoms with Crippen LogP contribution in [0.1, 0.15) is 18.5 Å². The Morgan fingerprint density at radius 1 is 1.20 bits per heavy atom. The number of hydrogen-bond acceptors (Lipinski definition) is 6. The van der Waals surface area contributed by atoms with E-state index in [9.17, 15) is 4.79 Å². The van der Waals surface area contributed by atoms with Crippen LogP contribution in [0.25, 0.3) is 0 Å². The summed E-state index contributed by atoms with van der Waals surface area (Å²) in [5.41, 5.74) is 0.927. The van der Waals surface area contributed by atoms with Crippen LogP contribution in [-0.2, 0) is 4.79 Å². The number of rotatable bonds is 3. The molecule has 2 aromatic heterocycles. The van der Waals surface area contributed by atoms with Crippen molar-refractivity contribution in [3.63, 3.8) is 0 Å². The summed E-state index contributed by atoms with van der Waals surface area (Å²) in [5, 5.41) is 2.96. The van der Waals surface area contributed by atoms with E-state index in [4.69, 9.17) is 0 Å². The lowest BCUT2D eigenvalue weighted by Gasteiger charge is -2.38. The standard InChI is InChI=1S/C13H14N6O/c1-9(20)19-7-10(8-19)11-3-6-16-13(17-11)18-12-14-4-2-5-15-12/h2-6,10H,7-8H2,1H3,(H,14,15,16,17,18). The van der Waals surface area contributed by atoms with Crippen LogP contribution < -0.4 is 5.32 Å². The monoisotopic (exact) mass is 270 g/mol. The first-order chi connectivity index (χ1) is 9.72. The van der Waals surface area contributed by atoms with Gasteiger partial charge in [0.15, 0.2) is 0 Å². The lowest BCUT2D eigenvalue weighted by molar-refractivity contribution is -0.133. The van der Waals surface area contributed by atoms with Gasteiger partial charge in [-0.05, 0) is 12.1 Å². The first-order valence-electron chi connectivity index (χ1n) is 6.35. The lowest BCUT2D eigenvalue weighted by Crippen LogP contribution is -2.47. The van der Waals surface area contributed by atoms with Crippen molar-refractivity contribution in [1.82, 2.24) is 24.8 Å². The second-order valence-corrected chi connectivity index (χ2v) is 4.62. The van der Waals surface area contributed by atoms with Crippen molar-refractivity contribution in [2.45, 2.75) is 12.8 Å². The minimum atomic E-state index is 0.103. The van der Waals surface area contributed by atoms with Crippen molar-refractivity contribution in [2.24, 2.45) is 0 Å². The predicted molar refractivity (Wildman–Crippen MR) is 72.3 cm³/mol. The lowest BCUT2D eigenvalue weighted by atomic mass is 9.96. The van der Waals surface area contributed by atoms with E-state index in [0.29, 0.717) is 25.0 Å². The molecule has 7 nitrogen and oxygen atoms in total. The molecule has 7 heteroatoms. The Morgan fingerprint density at radius 2 is 1.90 bits per heavy atom. The molecule has 0 atom stereocenters. The molecule has 1 amide bonds. The fourth-order valence-corrected chi connectivity index (χ4v) is 2.05. The fraction of sp³-hybridized carbons (Fsp3) is 0.308. The Hall–Kier alpha value is -2.57. The predicted octanol–water partition coefficient (Wildman–Crippen LogP) is 0.956. The summed E-state index contributed by atoms with van der Waals surface area (Å²) in [6.45, 7) is 3.01. The number of carbonyl (C=O) groups excluding carboxylic acids is 1. The van der Waals surface area contributed by atoms with Gasteiger partial charge in [-0.25, -0.2) is 19.9 Å². The Kier molecular flexibility index (Phi) is 3.24. The Balaban J connectivity index is 1.69. The average molecular weight is 270 g/mol. The molecule has 0 saturated carbocycles. The number of nitrogens with one attached hydrogen (secondary N) is 1. The SMILES string of the molecule is CC(=O)N1CC(c2ccnc(Nc3ncccn3)n2)C1. The molecule has 102 valence electrons. The minimum Gasteiger partial charge on any atom is -0.341 e. The Bertz CT molecular complexity index is 611. The molecule has 1 fully saturated rings. The molecule has 0 aromatic carbocycles. The molecule has 3 rings (SSSR count). The van der Waals surface area contributed by atoms with Crippen molar-refractivity contribution in [3.8, 4) is 0 Å². The molecule has 0 radical (unpaired) electrons. The summed E-state index contributed by atoms with van der Waals surface area (Å²) in [6.07, 6.45) is 5.00. The van der Waals surface area contributed by atoms with Crippen molar-refractivity contribution >= 4 is 17.8 Å². The number of nitrogens with zero attached hydrogens (tertiary/aromatic N) is 5. The Morgan fingerprint density at radius 3 is 2.60 bits per heavy atom. The molecule has 0 bridgehead atoms. The third-order valence-corrected chi connectivity index (χ3v) is 3.21. The van der Waals surface area contributed by atoms with Crippen molar-refractivity contribution in [1.29, 1.82) is 0 Å². The second-order valence-electron chi connectivity index (χ2n) is 4.62. The largest absolute Gasteiger partial charge is 0.341 e. The van der Waals surface area contributed by atoms with E-state index in [1.54, 1.807) is 36.5 Å². The van der Waals surface area contributed by atoms with Crippen LogP contribution in [0.3, 0.4) is 0 Å². The smallest absolute Gasteiger partial charge is 0.229 e. The van der Waals surface area contributed by atoms with Gasteiger partial charge in [0.25, 0.3) is 0 Å². The van der Waals surface area contributed by atoms with E-state index in [1.165, 1.54) is 0 Å². The highest BCUT2D eigenvalue weighted by atomic mass is 16.2. The third-order valence-electron chi connectivity index (χ3n) is 3.21. The van der Waals surface area contributed by atoms with Crippen molar-refractivity contribution in [3.05, 3.63) is 36.4 Å². The van der Waals surface area contributed by atoms with Crippen LogP contribution in [0.2, 0.25) is 0 Å². The number of aromatic nitrogens is 4. The third kappa shape index (κ3) is 2.56. The maximum atomic E-state index is 11.2. The van der Waals surface area contributed by atoms with Gasteiger partial charge in [0.05, 0.1) is 5.69 Å². The summed E-state index contributed by atoms with van der Waals surface area (Å²) in [7, 11) is 0. The van der Waals surface area contributed by atoms with Gasteiger partial charge in [0.2, 0.25) is 17.8 Å². The fourth-order valence-electron chi connectivity index (χ4n) is 2.05. The van der Waals surface area contributed by atoms with E-state index in [2.05, 4.69) is 25.3 Å². The molecule has 3 heterocycles. The highest BCUT2D eigenvalue weighted by molar-refractivity contribution is 5.74. The number of carbonyl (C=O) groups is 1. The Labute approximate surface area is 116 Å². The van der Waals surface area contributed by atoms with Gasteiger partial charge in [-0.2, -0.15) is 0 Å². The van der Waals surface area contributed by atoms with Crippen LogP contribution >= 0.6 is 0 Å². The molecule has 0 aliphatic carbocycles. The van der Waals surface area contributed by atoms with Gasteiger partial charge in [0.1, 0.15) is 0 Å². The highest BCUT2D eigenvalue weighted by Gasteiger charge is 2.30. The molecule has 1 N–H and O–H groups in total. The maximum Gasteiger partial charge on any atom is 0.229 e. The number of likely N-dealkylation sites (tertiary alicyclic amines) is 1. The van der Waals surface area contributed by atoms with Crippen LogP contribution in [0.5, 0.6) is 0 Å². The molecule has 0 unspecified atom stereocenters. The van der Waals surface area contributed by atoms with Crippen molar-refractivity contribution in [2.75, 3.05) is 18.4 Å². The number of amides is 1. The van der Waals surface area contributed by atoms with Crippen LogP contribution in [0.4, 0.5) is 11.9 Å². The molecular weight excluding hydrogens is 256 g/mol. The van der Waals surface area contributed by atoms with Gasteiger partial charge < -0.3 is 4.90 Å². The van der Waals surface area contributed by atoms with Crippen LogP contribution in [0, 0.1) is 0 Å². The molecule has 1 aliphatic heterocycles. The summed E-state index contributed by atoms with van der Waals surface area (Å²) in [6, 6.07) is 3.62. The number of anilines is 2. The van der Waals surface area contributed by atoms with Gasteiger partial charge in [-0.1, -0.05) is 0 Å². The van der Waals surface area contributed by atoms with Gasteiger partial charge in [-0.15, -0.1) is 0 Å². The summed E-state index contributed by atoms with van der Waals surface area (Å²) in [5.74, 6) is 1.31. The molecular formula is C13H14N6O.